The van der Waals surface area contributed by atoms with Gasteiger partial charge in [0.2, 0.25) is 0 Å². The van der Waals surface area contributed by atoms with E-state index in [-0.39, 0.29) is 31.1 Å². The Bertz CT molecular complexity index is 1690. The first-order valence-corrected chi connectivity index (χ1v) is 34.5. The molecule has 0 radical (unpaired) electrons. The number of esters is 3. The first-order valence-electron chi connectivity index (χ1n) is 34.5. The molecule has 82 heavy (non-hydrogen) atoms. The van der Waals surface area contributed by atoms with Crippen molar-refractivity contribution >= 4 is 17.9 Å². The lowest BCUT2D eigenvalue weighted by molar-refractivity contribution is -0.167. The van der Waals surface area contributed by atoms with E-state index in [2.05, 4.69) is 142 Å². The molecule has 0 rings (SSSR count). The topological polar surface area (TPSA) is 78.9 Å². The summed E-state index contributed by atoms with van der Waals surface area (Å²) >= 11 is 0. The summed E-state index contributed by atoms with van der Waals surface area (Å²) in [7, 11) is 0. The smallest absolute Gasteiger partial charge is 0.306 e. The second-order valence-corrected chi connectivity index (χ2v) is 22.7. The molecule has 0 N–H and O–H groups in total. The number of rotatable bonds is 62. The fraction of sp³-hybridized carbons (Fsp3) is 0.697. The Hall–Kier alpha value is -4.19. The summed E-state index contributed by atoms with van der Waals surface area (Å²) in [5.74, 6) is -0.904. The molecule has 0 aliphatic rings. The van der Waals surface area contributed by atoms with E-state index in [1.807, 2.05) is 0 Å². The molecule has 0 fully saturated rings. The van der Waals surface area contributed by atoms with Crippen LogP contribution < -0.4 is 0 Å². The first kappa shape index (κ1) is 77.8. The van der Waals surface area contributed by atoms with Crippen molar-refractivity contribution in [2.75, 3.05) is 13.2 Å². The van der Waals surface area contributed by atoms with Crippen LogP contribution in [0.5, 0.6) is 0 Å². The van der Waals surface area contributed by atoms with Crippen LogP contribution in [-0.2, 0) is 28.6 Å². The second kappa shape index (κ2) is 69.3. The van der Waals surface area contributed by atoms with Gasteiger partial charge in [-0.3, -0.25) is 14.4 Å². The van der Waals surface area contributed by atoms with Crippen LogP contribution in [0, 0.1) is 0 Å². The van der Waals surface area contributed by atoms with E-state index in [1.165, 1.54) is 148 Å². The average Bonchev–Trinajstić information content (AvgIpc) is 3.47. The summed E-state index contributed by atoms with van der Waals surface area (Å²) < 4.78 is 16.9. The number of ether oxygens (including phenoxy) is 3. The zero-order chi connectivity index (χ0) is 59.2. The average molecular weight is 1140 g/mol. The highest BCUT2D eigenvalue weighted by molar-refractivity contribution is 5.71. The van der Waals surface area contributed by atoms with Crippen LogP contribution in [0.3, 0.4) is 0 Å². The Labute approximate surface area is 507 Å². The molecule has 0 bridgehead atoms. The highest BCUT2D eigenvalue weighted by atomic mass is 16.6. The lowest BCUT2D eigenvalue weighted by atomic mass is 10.0. The summed E-state index contributed by atoms with van der Waals surface area (Å²) in [6.07, 6.45) is 96.4. The van der Waals surface area contributed by atoms with Gasteiger partial charge in [-0.15, -0.1) is 0 Å². The highest BCUT2D eigenvalue weighted by Crippen LogP contribution is 2.16. The molecule has 0 aliphatic carbocycles. The molecular formula is C76H128O6. The minimum Gasteiger partial charge on any atom is -0.462 e. The van der Waals surface area contributed by atoms with E-state index in [0.717, 1.165) is 135 Å². The zero-order valence-corrected chi connectivity index (χ0v) is 53.7. The number of carbonyl (C=O) groups excluding carboxylic acids is 3. The van der Waals surface area contributed by atoms with Gasteiger partial charge < -0.3 is 14.2 Å². The molecule has 1 unspecified atom stereocenters. The molecule has 0 aliphatic heterocycles. The van der Waals surface area contributed by atoms with Crippen molar-refractivity contribution < 1.29 is 28.6 Å². The molecule has 0 heterocycles. The van der Waals surface area contributed by atoms with Crippen molar-refractivity contribution in [1.82, 2.24) is 0 Å². The van der Waals surface area contributed by atoms with Gasteiger partial charge >= 0.3 is 17.9 Å². The van der Waals surface area contributed by atoms with Gasteiger partial charge in [0.15, 0.2) is 6.10 Å². The third-order valence-corrected chi connectivity index (χ3v) is 14.7. The van der Waals surface area contributed by atoms with Crippen molar-refractivity contribution in [1.29, 1.82) is 0 Å². The van der Waals surface area contributed by atoms with Crippen molar-refractivity contribution in [2.24, 2.45) is 0 Å². The highest BCUT2D eigenvalue weighted by Gasteiger charge is 2.19. The third kappa shape index (κ3) is 66.6. The van der Waals surface area contributed by atoms with Gasteiger partial charge in [0, 0.05) is 19.3 Å². The van der Waals surface area contributed by atoms with Crippen LogP contribution in [0.15, 0.2) is 122 Å². The Balaban J connectivity index is 4.28. The van der Waals surface area contributed by atoms with E-state index in [1.54, 1.807) is 0 Å². The molecule has 0 aromatic rings. The lowest BCUT2D eigenvalue weighted by Crippen LogP contribution is -2.30. The van der Waals surface area contributed by atoms with Crippen molar-refractivity contribution in [3.63, 3.8) is 0 Å². The van der Waals surface area contributed by atoms with E-state index in [4.69, 9.17) is 14.2 Å². The molecule has 0 aromatic carbocycles. The van der Waals surface area contributed by atoms with Crippen LogP contribution in [0.25, 0.3) is 0 Å². The second-order valence-electron chi connectivity index (χ2n) is 22.7. The van der Waals surface area contributed by atoms with Crippen LogP contribution in [-0.4, -0.2) is 37.2 Å². The lowest BCUT2D eigenvalue weighted by Gasteiger charge is -2.18. The minimum absolute atomic E-state index is 0.0880. The SMILES string of the molecule is CC/C=C\C/C=C\C/C=C\C/C=C\C/C=C\C/C=C\C/C=C\CCCCCCCCCCCCCC(=O)OCC(COC(=O)CCCCCCC/C=C\CCCCCCCC)OC(=O)CCCCCCC/C=C\C/C=C\CCCCCC. The molecule has 0 aromatic heterocycles. The molecule has 468 valence electrons. The van der Waals surface area contributed by atoms with E-state index in [9.17, 15) is 14.4 Å². The van der Waals surface area contributed by atoms with E-state index in [0.29, 0.717) is 19.3 Å². The van der Waals surface area contributed by atoms with Gasteiger partial charge in [0.25, 0.3) is 0 Å². The fourth-order valence-electron chi connectivity index (χ4n) is 9.51. The maximum Gasteiger partial charge on any atom is 0.306 e. The molecule has 1 atom stereocenters. The van der Waals surface area contributed by atoms with Crippen LogP contribution in [0.2, 0.25) is 0 Å². The first-order chi connectivity index (χ1) is 40.5. The van der Waals surface area contributed by atoms with Crippen molar-refractivity contribution in [3.05, 3.63) is 122 Å². The van der Waals surface area contributed by atoms with Gasteiger partial charge in [-0.1, -0.05) is 290 Å². The third-order valence-electron chi connectivity index (χ3n) is 14.7. The minimum atomic E-state index is -0.793. The van der Waals surface area contributed by atoms with Crippen LogP contribution in [0.1, 0.15) is 323 Å². The van der Waals surface area contributed by atoms with Gasteiger partial charge in [-0.25, -0.2) is 0 Å². The summed E-state index contributed by atoms with van der Waals surface area (Å²) in [6.45, 7) is 6.50. The zero-order valence-electron chi connectivity index (χ0n) is 53.7. The Morgan fingerprint density at radius 3 is 0.768 bits per heavy atom. The number of hydrogen-bond acceptors (Lipinski definition) is 6. The summed E-state index contributed by atoms with van der Waals surface area (Å²) in [4.78, 5) is 38.4. The van der Waals surface area contributed by atoms with Crippen LogP contribution in [0.4, 0.5) is 0 Å². The predicted molar refractivity (Wildman–Crippen MR) is 357 cm³/mol. The van der Waals surface area contributed by atoms with Crippen LogP contribution >= 0.6 is 0 Å². The molecule has 6 heteroatoms. The van der Waals surface area contributed by atoms with E-state index < -0.39 is 6.10 Å². The Morgan fingerprint density at radius 1 is 0.256 bits per heavy atom. The van der Waals surface area contributed by atoms with E-state index >= 15 is 0 Å². The largest absolute Gasteiger partial charge is 0.462 e. The van der Waals surface area contributed by atoms with Gasteiger partial charge in [-0.05, 0) is 135 Å². The standard InChI is InChI=1S/C76H128O6/c1-4-7-10-13-16-19-22-25-28-30-31-32-33-34-35-36-37-38-39-40-41-42-43-44-45-46-49-51-54-57-60-63-66-69-75(78)81-72-73(71-80-74(77)68-65-62-59-56-53-50-47-27-24-21-18-15-12-9-6-3)82-76(79)70-67-64-61-58-55-52-48-29-26-23-20-17-14-11-8-5-2/h7,10,16,19-20,23,25,27-29,31-32,34-35,37-38,40-41,47-48,73H,4-6,8-9,11-15,17-18,21-22,24,26,30,33,36,39,42-46,49-72H2,1-3H3/b10-7-,19-16-,23-20-,28-25-,32-31-,35-34-,38-37-,41-40-,47-27-,48-29-. The molecule has 0 saturated carbocycles. The molecule has 0 amide bonds. The normalized spacial score (nSPS) is 12.9. The summed E-state index contributed by atoms with van der Waals surface area (Å²) in [6, 6.07) is 0. The quantitative estimate of drug-likeness (QED) is 0.0261. The van der Waals surface area contributed by atoms with Gasteiger partial charge in [0.05, 0.1) is 0 Å². The monoisotopic (exact) mass is 1140 g/mol. The molecule has 0 spiro atoms. The van der Waals surface area contributed by atoms with Crippen molar-refractivity contribution in [2.45, 2.75) is 329 Å². The molecular weight excluding hydrogens is 1010 g/mol. The number of allylic oxidation sites excluding steroid dienone is 20. The predicted octanol–water partition coefficient (Wildman–Crippen LogP) is 23.9. The number of carbonyl (C=O) groups is 3. The summed E-state index contributed by atoms with van der Waals surface area (Å²) in [5, 5.41) is 0. The van der Waals surface area contributed by atoms with Crippen molar-refractivity contribution in [3.8, 4) is 0 Å². The van der Waals surface area contributed by atoms with Gasteiger partial charge in [-0.2, -0.15) is 0 Å². The maximum absolute atomic E-state index is 12.9. The Morgan fingerprint density at radius 2 is 0.476 bits per heavy atom. The molecule has 0 saturated heterocycles. The molecule has 6 nitrogen and oxygen atoms in total. The number of hydrogen-bond donors (Lipinski definition) is 0. The van der Waals surface area contributed by atoms with Gasteiger partial charge in [0.1, 0.15) is 13.2 Å². The fourth-order valence-corrected chi connectivity index (χ4v) is 9.51. The Kier molecular flexibility index (Phi) is 65.8. The number of unbranched alkanes of at least 4 members (excludes halogenated alkanes) is 31. The summed E-state index contributed by atoms with van der Waals surface area (Å²) in [5.41, 5.74) is 0. The maximum atomic E-state index is 12.9.